The van der Waals surface area contributed by atoms with Crippen LogP contribution >= 0.6 is 7.75 Å². The summed E-state index contributed by atoms with van der Waals surface area (Å²) in [6.07, 6.45) is -1.12. The van der Waals surface area contributed by atoms with Gasteiger partial charge in [-0.3, -0.25) is 0 Å². The predicted octanol–water partition coefficient (Wildman–Crippen LogP) is 4.12. The Bertz CT molecular complexity index is 885. The SMILES string of the molecule is CO[C@H]1[C@H](C)O[C@H]2CCN(P(=O)(Oc3ccccc3)Oc3ccccc3)[C@@]2(OC)[C@@H]1OC. The number of para-hydroxylation sites is 2. The number of ether oxygens (including phenoxy) is 4. The summed E-state index contributed by atoms with van der Waals surface area (Å²) < 4.78 is 52.3. The first-order chi connectivity index (χ1) is 15.5. The summed E-state index contributed by atoms with van der Waals surface area (Å²) in [6, 6.07) is 17.9. The first-order valence-electron chi connectivity index (χ1n) is 10.6. The highest BCUT2D eigenvalue weighted by molar-refractivity contribution is 7.52. The molecular weight excluding hydrogens is 433 g/mol. The van der Waals surface area contributed by atoms with E-state index in [1.54, 1.807) is 50.3 Å². The molecule has 2 aromatic rings. The van der Waals surface area contributed by atoms with Crippen LogP contribution in [0.3, 0.4) is 0 Å². The highest BCUT2D eigenvalue weighted by Gasteiger charge is 2.68. The van der Waals surface area contributed by atoms with Crippen LogP contribution < -0.4 is 9.05 Å². The largest absolute Gasteiger partial charge is 0.518 e. The molecule has 4 rings (SSSR count). The van der Waals surface area contributed by atoms with E-state index < -0.39 is 31.8 Å². The maximum absolute atomic E-state index is 14.6. The number of rotatable bonds is 8. The quantitative estimate of drug-likeness (QED) is 0.542. The summed E-state index contributed by atoms with van der Waals surface area (Å²) in [5.41, 5.74) is -1.24. The van der Waals surface area contributed by atoms with E-state index in [1.165, 1.54) is 0 Å². The molecule has 8 nitrogen and oxygen atoms in total. The van der Waals surface area contributed by atoms with Crippen molar-refractivity contribution in [2.24, 2.45) is 0 Å². The minimum absolute atomic E-state index is 0.234. The first-order valence-corrected chi connectivity index (χ1v) is 12.1. The van der Waals surface area contributed by atoms with Gasteiger partial charge in [-0.15, -0.1) is 0 Å². The van der Waals surface area contributed by atoms with E-state index >= 15 is 0 Å². The van der Waals surface area contributed by atoms with Crippen molar-refractivity contribution in [2.75, 3.05) is 27.9 Å². The van der Waals surface area contributed by atoms with Gasteiger partial charge in [-0.1, -0.05) is 36.4 Å². The summed E-state index contributed by atoms with van der Waals surface area (Å²) in [7, 11) is 0.742. The van der Waals surface area contributed by atoms with Crippen molar-refractivity contribution >= 4 is 7.75 Å². The van der Waals surface area contributed by atoms with E-state index in [1.807, 2.05) is 43.3 Å². The van der Waals surface area contributed by atoms with Crippen LogP contribution in [0.5, 0.6) is 11.5 Å². The zero-order valence-electron chi connectivity index (χ0n) is 18.7. The number of hydrogen-bond acceptors (Lipinski definition) is 7. The highest BCUT2D eigenvalue weighted by Crippen LogP contribution is 2.61. The van der Waals surface area contributed by atoms with Gasteiger partial charge in [0.1, 0.15) is 29.8 Å². The van der Waals surface area contributed by atoms with E-state index in [0.717, 1.165) is 0 Å². The molecule has 0 bridgehead atoms. The van der Waals surface area contributed by atoms with Crippen LogP contribution in [0.2, 0.25) is 0 Å². The third kappa shape index (κ3) is 3.96. The Morgan fingerprint density at radius 1 is 0.938 bits per heavy atom. The second-order valence-electron chi connectivity index (χ2n) is 7.83. The molecule has 32 heavy (non-hydrogen) atoms. The van der Waals surface area contributed by atoms with Crippen molar-refractivity contribution in [1.82, 2.24) is 4.67 Å². The second kappa shape index (κ2) is 9.51. The maximum Gasteiger partial charge on any atom is 0.518 e. The molecule has 0 aromatic heterocycles. The van der Waals surface area contributed by atoms with E-state index in [0.29, 0.717) is 24.5 Å². The standard InChI is InChI=1S/C23H30NO7P/c1-17-21(26-2)22(27-3)23(28-4)20(29-17)15-16-24(23)32(25,30-18-11-7-5-8-12-18)31-19-13-9-6-10-14-19/h5-14,17,20-22H,15-16H2,1-4H3/t17-,20-,21-,22+,23-/m0/s1. The monoisotopic (exact) mass is 463 g/mol. The van der Waals surface area contributed by atoms with E-state index in [2.05, 4.69) is 0 Å². The van der Waals surface area contributed by atoms with Crippen LogP contribution in [0.4, 0.5) is 0 Å². The number of hydrogen-bond donors (Lipinski definition) is 0. The van der Waals surface area contributed by atoms with Gasteiger partial charge in [0.15, 0.2) is 5.72 Å². The lowest BCUT2D eigenvalue weighted by Gasteiger charge is -2.52. The molecule has 0 N–H and O–H groups in total. The summed E-state index contributed by atoms with van der Waals surface area (Å²) >= 11 is 0. The van der Waals surface area contributed by atoms with Gasteiger partial charge in [0.05, 0.1) is 6.10 Å². The lowest BCUT2D eigenvalue weighted by Crippen LogP contribution is -2.70. The summed E-state index contributed by atoms with van der Waals surface area (Å²) in [5, 5.41) is 0. The topological polar surface area (TPSA) is 75.7 Å². The molecule has 2 heterocycles. The Morgan fingerprint density at radius 3 is 1.97 bits per heavy atom. The van der Waals surface area contributed by atoms with Gasteiger partial charge < -0.3 is 28.0 Å². The molecule has 2 aliphatic rings. The minimum atomic E-state index is -4.00. The molecule has 0 aliphatic carbocycles. The van der Waals surface area contributed by atoms with E-state index in [4.69, 9.17) is 28.0 Å². The van der Waals surface area contributed by atoms with Crippen LogP contribution in [-0.2, 0) is 23.5 Å². The van der Waals surface area contributed by atoms with E-state index in [-0.39, 0.29) is 6.10 Å². The van der Waals surface area contributed by atoms with Gasteiger partial charge in [0.2, 0.25) is 0 Å². The van der Waals surface area contributed by atoms with Gasteiger partial charge in [-0.25, -0.2) is 4.57 Å². The number of nitrogens with zero attached hydrogens (tertiary/aromatic N) is 1. The van der Waals surface area contributed by atoms with Gasteiger partial charge in [0.25, 0.3) is 0 Å². The number of methoxy groups -OCH3 is 3. The molecule has 2 aromatic carbocycles. The minimum Gasteiger partial charge on any atom is -0.404 e. The average Bonchev–Trinajstić information content (AvgIpc) is 3.19. The first kappa shape index (κ1) is 23.2. The lowest BCUT2D eigenvalue weighted by molar-refractivity contribution is -0.301. The predicted molar refractivity (Wildman–Crippen MR) is 119 cm³/mol. The smallest absolute Gasteiger partial charge is 0.404 e. The third-order valence-corrected chi connectivity index (χ3v) is 8.08. The second-order valence-corrected chi connectivity index (χ2v) is 9.62. The van der Waals surface area contributed by atoms with Crippen LogP contribution in [0.15, 0.2) is 60.7 Å². The molecule has 0 unspecified atom stereocenters. The maximum atomic E-state index is 14.6. The molecule has 5 atom stereocenters. The molecule has 0 amide bonds. The van der Waals surface area contributed by atoms with Gasteiger partial charge in [-0.2, -0.15) is 4.67 Å². The fraction of sp³-hybridized carbons (Fsp3) is 0.478. The van der Waals surface area contributed by atoms with Gasteiger partial charge in [0, 0.05) is 27.9 Å². The fourth-order valence-corrected chi connectivity index (χ4v) is 6.81. The zero-order chi connectivity index (χ0) is 22.8. The van der Waals surface area contributed by atoms with Crippen LogP contribution in [0, 0.1) is 0 Å². The summed E-state index contributed by atoms with van der Waals surface area (Å²) in [4.78, 5) is 0. The summed E-state index contributed by atoms with van der Waals surface area (Å²) in [6.45, 7) is 2.29. The molecule has 174 valence electrons. The molecule has 0 spiro atoms. The average molecular weight is 463 g/mol. The Hall–Kier alpha value is -1.93. The van der Waals surface area contributed by atoms with Crippen LogP contribution in [0.25, 0.3) is 0 Å². The summed E-state index contributed by atoms with van der Waals surface area (Å²) in [5.74, 6) is 0.840. The van der Waals surface area contributed by atoms with Crippen molar-refractivity contribution in [2.45, 2.75) is 43.5 Å². The Balaban J connectivity index is 1.79. The molecular formula is C23H30NO7P. The van der Waals surface area contributed by atoms with Crippen molar-refractivity contribution in [3.8, 4) is 11.5 Å². The Labute approximate surface area is 188 Å². The van der Waals surface area contributed by atoms with Gasteiger partial charge in [-0.05, 0) is 37.6 Å². The highest BCUT2D eigenvalue weighted by atomic mass is 31.2. The molecule has 0 saturated carbocycles. The lowest BCUT2D eigenvalue weighted by atomic mass is 9.90. The van der Waals surface area contributed by atoms with Crippen LogP contribution in [0.1, 0.15) is 13.3 Å². The van der Waals surface area contributed by atoms with Crippen molar-refractivity contribution < 1.29 is 32.6 Å². The molecule has 2 saturated heterocycles. The zero-order valence-corrected chi connectivity index (χ0v) is 19.6. The van der Waals surface area contributed by atoms with Crippen molar-refractivity contribution in [3.05, 3.63) is 60.7 Å². The molecule has 2 fully saturated rings. The van der Waals surface area contributed by atoms with Gasteiger partial charge >= 0.3 is 7.75 Å². The normalized spacial score (nSPS) is 30.6. The third-order valence-electron chi connectivity index (χ3n) is 6.09. The van der Waals surface area contributed by atoms with Crippen LogP contribution in [-0.4, -0.2) is 62.7 Å². The number of benzene rings is 2. The fourth-order valence-electron chi connectivity index (χ4n) is 4.73. The van der Waals surface area contributed by atoms with Crippen molar-refractivity contribution in [1.29, 1.82) is 0 Å². The Morgan fingerprint density at radius 2 is 1.50 bits per heavy atom. The Kier molecular flexibility index (Phi) is 6.91. The number of fused-ring (bicyclic) bond motifs is 1. The molecule has 2 aliphatic heterocycles. The molecule has 0 radical (unpaired) electrons. The van der Waals surface area contributed by atoms with Crippen molar-refractivity contribution in [3.63, 3.8) is 0 Å². The van der Waals surface area contributed by atoms with E-state index in [9.17, 15) is 4.57 Å². The molecule has 9 heteroatoms.